The van der Waals surface area contributed by atoms with Crippen molar-refractivity contribution in [2.45, 2.75) is 18.8 Å². The minimum absolute atomic E-state index is 0.0556. The third-order valence-electron chi connectivity index (χ3n) is 3.55. The van der Waals surface area contributed by atoms with Gasteiger partial charge in [-0.3, -0.25) is 0 Å². The molecule has 1 N–H and O–H groups in total. The van der Waals surface area contributed by atoms with Crippen LogP contribution in [0.25, 0.3) is 0 Å². The van der Waals surface area contributed by atoms with Crippen molar-refractivity contribution in [3.05, 3.63) is 65.2 Å². The first kappa shape index (κ1) is 21.3. The molecular formula is C18H15F6N3O. The molecule has 0 aromatic heterocycles. The fourth-order valence-corrected chi connectivity index (χ4v) is 2.18. The second kappa shape index (κ2) is 8.32. The summed E-state index contributed by atoms with van der Waals surface area (Å²) in [6.45, 7) is 0. The lowest BCUT2D eigenvalue weighted by molar-refractivity contribution is -0.143. The summed E-state index contributed by atoms with van der Waals surface area (Å²) >= 11 is 0. The fourth-order valence-electron chi connectivity index (χ4n) is 2.18. The monoisotopic (exact) mass is 403 g/mol. The molecule has 0 saturated heterocycles. The van der Waals surface area contributed by atoms with Crippen LogP contribution in [0.3, 0.4) is 0 Å². The molecule has 0 radical (unpaired) electrons. The van der Waals surface area contributed by atoms with Crippen LogP contribution in [0.15, 0.2) is 53.6 Å². The first-order valence-corrected chi connectivity index (χ1v) is 7.87. The highest BCUT2D eigenvalue weighted by Crippen LogP contribution is 2.36. The number of urea groups is 1. The maximum absolute atomic E-state index is 12.8. The van der Waals surface area contributed by atoms with E-state index in [1.807, 2.05) is 0 Å². The molecule has 28 heavy (non-hydrogen) atoms. The SMILES string of the molecule is CN(/N=C/Cc1cc(C(F)(F)F)cc(C(F)(F)F)c1)C(=O)Nc1ccccc1. The number of carbonyl (C=O) groups is 1. The van der Waals surface area contributed by atoms with Crippen molar-refractivity contribution in [1.82, 2.24) is 5.01 Å². The predicted molar refractivity (Wildman–Crippen MR) is 91.9 cm³/mol. The van der Waals surface area contributed by atoms with Gasteiger partial charge in [0.15, 0.2) is 0 Å². The van der Waals surface area contributed by atoms with Crippen LogP contribution < -0.4 is 5.32 Å². The molecule has 2 rings (SSSR count). The van der Waals surface area contributed by atoms with Gasteiger partial charge in [0.25, 0.3) is 0 Å². The molecular weight excluding hydrogens is 388 g/mol. The summed E-state index contributed by atoms with van der Waals surface area (Å²) in [7, 11) is 1.29. The molecule has 0 atom stereocenters. The first-order chi connectivity index (χ1) is 13.0. The Morgan fingerprint density at radius 1 is 1.00 bits per heavy atom. The third-order valence-corrected chi connectivity index (χ3v) is 3.55. The molecule has 10 heteroatoms. The van der Waals surface area contributed by atoms with Gasteiger partial charge in [-0.15, -0.1) is 0 Å². The van der Waals surface area contributed by atoms with Crippen LogP contribution in [-0.4, -0.2) is 24.3 Å². The lowest BCUT2D eigenvalue weighted by Gasteiger charge is -2.14. The van der Waals surface area contributed by atoms with Crippen molar-refractivity contribution in [2.75, 3.05) is 12.4 Å². The zero-order valence-electron chi connectivity index (χ0n) is 14.5. The molecule has 150 valence electrons. The number of halogens is 6. The van der Waals surface area contributed by atoms with Gasteiger partial charge in [0.1, 0.15) is 0 Å². The van der Waals surface area contributed by atoms with E-state index in [0.717, 1.165) is 11.2 Å². The van der Waals surface area contributed by atoms with E-state index < -0.39 is 29.5 Å². The highest BCUT2D eigenvalue weighted by molar-refractivity contribution is 5.89. The van der Waals surface area contributed by atoms with Gasteiger partial charge in [-0.05, 0) is 35.9 Å². The Kier molecular flexibility index (Phi) is 6.32. The van der Waals surface area contributed by atoms with E-state index in [-0.39, 0.29) is 18.1 Å². The number of benzene rings is 2. The van der Waals surface area contributed by atoms with Crippen LogP contribution in [0, 0.1) is 0 Å². The average molecular weight is 403 g/mol. The first-order valence-electron chi connectivity index (χ1n) is 7.87. The number of amides is 2. The summed E-state index contributed by atoms with van der Waals surface area (Å²) in [5.41, 5.74) is -2.54. The highest BCUT2D eigenvalue weighted by Gasteiger charge is 2.36. The molecule has 0 bridgehead atoms. The van der Waals surface area contributed by atoms with Crippen LogP contribution in [-0.2, 0) is 18.8 Å². The second-order valence-electron chi connectivity index (χ2n) is 5.74. The summed E-state index contributed by atoms with van der Waals surface area (Å²) in [6, 6.07) is 9.09. The summed E-state index contributed by atoms with van der Waals surface area (Å²) in [5, 5.41) is 7.14. The van der Waals surface area contributed by atoms with Gasteiger partial charge in [-0.25, -0.2) is 9.80 Å². The molecule has 0 aliphatic heterocycles. The standard InChI is InChI=1S/C18H15F6N3O/c1-27(16(28)26-15-5-3-2-4-6-15)25-8-7-12-9-13(17(19,20)21)11-14(10-12)18(22,23)24/h2-6,8-11H,7H2,1H3,(H,26,28)/b25-8+. The molecule has 2 aromatic rings. The zero-order chi connectivity index (χ0) is 20.9. The molecule has 0 fully saturated rings. The maximum atomic E-state index is 12.8. The predicted octanol–water partition coefficient (Wildman–Crippen LogP) is 5.42. The van der Waals surface area contributed by atoms with Gasteiger partial charge < -0.3 is 5.32 Å². The van der Waals surface area contributed by atoms with Crippen molar-refractivity contribution in [1.29, 1.82) is 0 Å². The molecule has 0 spiro atoms. The third kappa shape index (κ3) is 6.00. The second-order valence-corrected chi connectivity index (χ2v) is 5.74. The van der Waals surface area contributed by atoms with Gasteiger partial charge >= 0.3 is 18.4 Å². The summed E-state index contributed by atoms with van der Waals surface area (Å²) in [4.78, 5) is 11.9. The number of anilines is 1. The minimum atomic E-state index is -4.92. The molecule has 2 aromatic carbocycles. The van der Waals surface area contributed by atoms with Crippen molar-refractivity contribution in [2.24, 2.45) is 5.10 Å². The summed E-state index contributed by atoms with van der Waals surface area (Å²) in [5.74, 6) is 0. The number of carbonyl (C=O) groups excluding carboxylic acids is 1. The van der Waals surface area contributed by atoms with E-state index in [9.17, 15) is 31.1 Å². The van der Waals surface area contributed by atoms with E-state index in [0.29, 0.717) is 17.8 Å². The van der Waals surface area contributed by atoms with Crippen LogP contribution in [0.5, 0.6) is 0 Å². The summed E-state index contributed by atoms with van der Waals surface area (Å²) in [6.07, 6.45) is -9.10. The average Bonchev–Trinajstić information content (AvgIpc) is 2.60. The molecule has 0 aliphatic carbocycles. The van der Waals surface area contributed by atoms with Gasteiger partial charge in [0.2, 0.25) is 0 Å². The van der Waals surface area contributed by atoms with E-state index >= 15 is 0 Å². The van der Waals surface area contributed by atoms with Gasteiger partial charge in [0.05, 0.1) is 11.1 Å². The number of hydrogen-bond donors (Lipinski definition) is 1. The van der Waals surface area contributed by atoms with E-state index in [1.165, 1.54) is 7.05 Å². The largest absolute Gasteiger partial charge is 0.416 e. The van der Waals surface area contributed by atoms with Crippen LogP contribution in [0.2, 0.25) is 0 Å². The quantitative estimate of drug-likeness (QED) is 0.414. The van der Waals surface area contributed by atoms with E-state index in [1.54, 1.807) is 30.3 Å². The van der Waals surface area contributed by atoms with Crippen molar-refractivity contribution in [3.8, 4) is 0 Å². The molecule has 0 saturated carbocycles. The molecule has 0 heterocycles. The number of hydrogen-bond acceptors (Lipinski definition) is 2. The Bertz CT molecular complexity index is 814. The van der Waals surface area contributed by atoms with Gasteiger partial charge in [-0.2, -0.15) is 31.4 Å². The fraction of sp³-hybridized carbons (Fsp3) is 0.222. The smallest absolute Gasteiger partial charge is 0.306 e. The number of nitrogens with zero attached hydrogens (tertiary/aromatic N) is 2. The zero-order valence-corrected chi connectivity index (χ0v) is 14.5. The highest BCUT2D eigenvalue weighted by atomic mass is 19.4. The molecule has 0 unspecified atom stereocenters. The Balaban J connectivity index is 2.11. The van der Waals surface area contributed by atoms with Crippen LogP contribution in [0.4, 0.5) is 36.8 Å². The van der Waals surface area contributed by atoms with Crippen molar-refractivity contribution in [3.63, 3.8) is 0 Å². The Hall–Kier alpha value is -3.04. The molecule has 0 aliphatic rings. The van der Waals surface area contributed by atoms with Gasteiger partial charge in [0, 0.05) is 25.4 Å². The summed E-state index contributed by atoms with van der Waals surface area (Å²) < 4.78 is 77.0. The van der Waals surface area contributed by atoms with E-state index in [2.05, 4.69) is 10.4 Å². The Morgan fingerprint density at radius 3 is 2.04 bits per heavy atom. The topological polar surface area (TPSA) is 44.7 Å². The Labute approximate surface area is 156 Å². The lowest BCUT2D eigenvalue weighted by atomic mass is 10.0. The normalized spacial score (nSPS) is 12.2. The minimum Gasteiger partial charge on any atom is -0.306 e. The molecule has 2 amide bonds. The van der Waals surface area contributed by atoms with Gasteiger partial charge in [-0.1, -0.05) is 18.2 Å². The maximum Gasteiger partial charge on any atom is 0.416 e. The number of nitrogens with one attached hydrogen (secondary N) is 1. The lowest BCUT2D eigenvalue weighted by Crippen LogP contribution is -2.27. The van der Waals surface area contributed by atoms with Crippen LogP contribution in [0.1, 0.15) is 16.7 Å². The molecule has 4 nitrogen and oxygen atoms in total. The van der Waals surface area contributed by atoms with Crippen molar-refractivity contribution < 1.29 is 31.1 Å². The number of para-hydroxylation sites is 1. The number of rotatable bonds is 4. The number of hydrazone groups is 1. The van der Waals surface area contributed by atoms with Crippen molar-refractivity contribution >= 4 is 17.9 Å². The van der Waals surface area contributed by atoms with E-state index in [4.69, 9.17) is 0 Å². The Morgan fingerprint density at radius 2 is 1.54 bits per heavy atom. The van der Waals surface area contributed by atoms with Crippen LogP contribution >= 0.6 is 0 Å². The number of alkyl halides is 6.